The Hall–Kier alpha value is -2.21. The van der Waals surface area contributed by atoms with Gasteiger partial charge >= 0.3 is 5.97 Å². The standard InChI is InChI=1S/C12H8ClNO5/c13-7-3-6(4-9-11(7)18-2-1-17-9)8-5-10(12(15)16)19-14-8/h3-5H,1-2H2,(H,15,16). The molecule has 2 aromatic rings. The molecule has 0 saturated heterocycles. The number of carboxylic acid groups (broad SMARTS) is 1. The number of aromatic nitrogens is 1. The number of carboxylic acids is 1. The van der Waals surface area contributed by atoms with Gasteiger partial charge in [0.05, 0.1) is 5.02 Å². The van der Waals surface area contributed by atoms with E-state index in [1.54, 1.807) is 12.1 Å². The maximum Gasteiger partial charge on any atom is 0.374 e. The fourth-order valence-corrected chi connectivity index (χ4v) is 2.04. The van der Waals surface area contributed by atoms with E-state index in [1.807, 2.05) is 0 Å². The molecule has 0 amide bonds. The number of aromatic carboxylic acids is 1. The molecular weight excluding hydrogens is 274 g/mol. The van der Waals surface area contributed by atoms with Crippen molar-refractivity contribution in [1.82, 2.24) is 5.16 Å². The summed E-state index contributed by atoms with van der Waals surface area (Å²) in [6, 6.07) is 4.63. The molecule has 3 rings (SSSR count). The minimum atomic E-state index is -1.18. The van der Waals surface area contributed by atoms with Crippen molar-refractivity contribution in [1.29, 1.82) is 0 Å². The zero-order chi connectivity index (χ0) is 13.4. The van der Waals surface area contributed by atoms with Gasteiger partial charge in [-0.1, -0.05) is 16.8 Å². The van der Waals surface area contributed by atoms with Crippen LogP contribution in [0.15, 0.2) is 22.7 Å². The predicted molar refractivity (Wildman–Crippen MR) is 64.9 cm³/mol. The summed E-state index contributed by atoms with van der Waals surface area (Å²) < 4.78 is 15.5. The first-order valence-electron chi connectivity index (χ1n) is 5.44. The number of hydrogen-bond donors (Lipinski definition) is 1. The molecule has 1 aromatic carbocycles. The third kappa shape index (κ3) is 2.10. The van der Waals surface area contributed by atoms with Gasteiger partial charge in [-0.3, -0.25) is 0 Å². The number of fused-ring (bicyclic) bond motifs is 1. The zero-order valence-electron chi connectivity index (χ0n) is 9.55. The van der Waals surface area contributed by atoms with Gasteiger partial charge in [0, 0.05) is 11.6 Å². The van der Waals surface area contributed by atoms with E-state index in [4.69, 9.17) is 30.7 Å². The Bertz CT molecular complexity index is 652. The third-order valence-corrected chi connectivity index (χ3v) is 2.89. The van der Waals surface area contributed by atoms with Crippen LogP contribution in [0.25, 0.3) is 11.3 Å². The fraction of sp³-hybridized carbons (Fsp3) is 0.167. The Morgan fingerprint density at radius 3 is 2.79 bits per heavy atom. The minimum Gasteiger partial charge on any atom is -0.486 e. The van der Waals surface area contributed by atoms with Gasteiger partial charge in [0.25, 0.3) is 0 Å². The molecule has 7 heteroatoms. The summed E-state index contributed by atoms with van der Waals surface area (Å²) in [6.45, 7) is 0.880. The van der Waals surface area contributed by atoms with E-state index in [-0.39, 0.29) is 5.76 Å². The highest BCUT2D eigenvalue weighted by Gasteiger charge is 2.19. The molecule has 1 N–H and O–H groups in total. The average Bonchev–Trinajstić information content (AvgIpc) is 2.88. The first-order chi connectivity index (χ1) is 9.15. The predicted octanol–water partition coefficient (Wildman–Crippen LogP) is 2.46. The van der Waals surface area contributed by atoms with E-state index in [0.717, 1.165) is 0 Å². The van der Waals surface area contributed by atoms with Gasteiger partial charge in [-0.05, 0) is 12.1 Å². The van der Waals surface area contributed by atoms with Crippen molar-refractivity contribution in [2.75, 3.05) is 13.2 Å². The van der Waals surface area contributed by atoms with Crippen LogP contribution in [0, 0.1) is 0 Å². The van der Waals surface area contributed by atoms with Gasteiger partial charge in [-0.15, -0.1) is 0 Å². The van der Waals surface area contributed by atoms with Gasteiger partial charge in [-0.25, -0.2) is 4.79 Å². The molecule has 0 aliphatic carbocycles. The molecule has 0 saturated carbocycles. The van der Waals surface area contributed by atoms with Crippen LogP contribution in [0.1, 0.15) is 10.6 Å². The lowest BCUT2D eigenvalue weighted by Gasteiger charge is -2.19. The Balaban J connectivity index is 2.05. The molecule has 2 heterocycles. The molecular formula is C12H8ClNO5. The van der Waals surface area contributed by atoms with E-state index in [9.17, 15) is 4.79 Å². The number of nitrogens with zero attached hydrogens (tertiary/aromatic N) is 1. The molecule has 1 aliphatic heterocycles. The molecule has 0 radical (unpaired) electrons. The van der Waals surface area contributed by atoms with Crippen LogP contribution < -0.4 is 9.47 Å². The lowest BCUT2D eigenvalue weighted by Crippen LogP contribution is -2.15. The van der Waals surface area contributed by atoms with Gasteiger partial charge in [0.1, 0.15) is 18.9 Å². The topological polar surface area (TPSA) is 81.8 Å². The van der Waals surface area contributed by atoms with Gasteiger partial charge in [-0.2, -0.15) is 0 Å². The van der Waals surface area contributed by atoms with Crippen molar-refractivity contribution in [2.45, 2.75) is 0 Å². The summed E-state index contributed by atoms with van der Waals surface area (Å²) in [5, 5.41) is 12.9. The maximum absolute atomic E-state index is 10.7. The Morgan fingerprint density at radius 2 is 2.05 bits per heavy atom. The molecule has 1 aromatic heterocycles. The lowest BCUT2D eigenvalue weighted by molar-refractivity contribution is 0.0652. The van der Waals surface area contributed by atoms with Crippen LogP contribution in [-0.4, -0.2) is 29.4 Å². The Labute approximate surface area is 112 Å². The largest absolute Gasteiger partial charge is 0.486 e. The van der Waals surface area contributed by atoms with Gasteiger partial charge < -0.3 is 19.1 Å². The van der Waals surface area contributed by atoms with Crippen LogP contribution in [-0.2, 0) is 0 Å². The van der Waals surface area contributed by atoms with Crippen LogP contribution in [0.5, 0.6) is 11.5 Å². The van der Waals surface area contributed by atoms with E-state index in [2.05, 4.69) is 5.16 Å². The molecule has 0 atom stereocenters. The van der Waals surface area contributed by atoms with Crippen LogP contribution in [0.4, 0.5) is 0 Å². The molecule has 98 valence electrons. The zero-order valence-corrected chi connectivity index (χ0v) is 10.3. The Kier molecular flexibility index (Phi) is 2.79. The van der Waals surface area contributed by atoms with Crippen molar-refractivity contribution in [3.8, 4) is 22.8 Å². The highest BCUT2D eigenvalue weighted by molar-refractivity contribution is 6.32. The van der Waals surface area contributed by atoms with Crippen LogP contribution in [0.2, 0.25) is 5.02 Å². The highest BCUT2D eigenvalue weighted by atomic mass is 35.5. The van der Waals surface area contributed by atoms with Crippen molar-refractivity contribution < 1.29 is 23.9 Å². The molecule has 0 bridgehead atoms. The SMILES string of the molecule is O=C(O)c1cc(-c2cc(Cl)c3c(c2)OCCO3)no1. The summed E-state index contributed by atoms with van der Waals surface area (Å²) >= 11 is 6.09. The van der Waals surface area contributed by atoms with Crippen molar-refractivity contribution in [2.24, 2.45) is 0 Å². The summed E-state index contributed by atoms with van der Waals surface area (Å²) in [5.41, 5.74) is 0.974. The second kappa shape index (κ2) is 4.47. The van der Waals surface area contributed by atoms with E-state index in [0.29, 0.717) is 41.0 Å². The smallest absolute Gasteiger partial charge is 0.374 e. The second-order valence-electron chi connectivity index (χ2n) is 3.86. The van der Waals surface area contributed by atoms with Crippen molar-refractivity contribution in [3.05, 3.63) is 29.0 Å². The first kappa shape index (κ1) is 11.9. The Morgan fingerprint density at radius 1 is 1.26 bits per heavy atom. The van der Waals surface area contributed by atoms with E-state index in [1.165, 1.54) is 6.07 Å². The monoisotopic (exact) mass is 281 g/mol. The summed E-state index contributed by atoms with van der Waals surface area (Å²) in [4.78, 5) is 10.7. The summed E-state index contributed by atoms with van der Waals surface area (Å²) in [5.74, 6) is -0.421. The molecule has 0 unspecified atom stereocenters. The number of benzene rings is 1. The lowest BCUT2D eigenvalue weighted by atomic mass is 10.1. The fourth-order valence-electron chi connectivity index (χ4n) is 1.77. The third-order valence-electron chi connectivity index (χ3n) is 2.61. The molecule has 0 fully saturated rings. The number of halogens is 1. The van der Waals surface area contributed by atoms with Crippen LogP contribution >= 0.6 is 11.6 Å². The van der Waals surface area contributed by atoms with Gasteiger partial charge in [0.2, 0.25) is 5.76 Å². The number of carbonyl (C=O) groups is 1. The highest BCUT2D eigenvalue weighted by Crippen LogP contribution is 2.40. The number of ether oxygens (including phenoxy) is 2. The average molecular weight is 282 g/mol. The molecule has 1 aliphatic rings. The maximum atomic E-state index is 10.7. The van der Waals surface area contributed by atoms with Crippen LogP contribution in [0.3, 0.4) is 0 Å². The van der Waals surface area contributed by atoms with Crippen molar-refractivity contribution >= 4 is 17.6 Å². The number of hydrogen-bond acceptors (Lipinski definition) is 5. The van der Waals surface area contributed by atoms with Gasteiger partial charge in [0.15, 0.2) is 11.5 Å². The van der Waals surface area contributed by atoms with Crippen molar-refractivity contribution in [3.63, 3.8) is 0 Å². The molecule has 19 heavy (non-hydrogen) atoms. The number of rotatable bonds is 2. The van der Waals surface area contributed by atoms with E-state index < -0.39 is 5.97 Å². The molecule has 6 nitrogen and oxygen atoms in total. The first-order valence-corrected chi connectivity index (χ1v) is 5.82. The summed E-state index contributed by atoms with van der Waals surface area (Å²) in [7, 11) is 0. The summed E-state index contributed by atoms with van der Waals surface area (Å²) in [6.07, 6.45) is 0. The second-order valence-corrected chi connectivity index (χ2v) is 4.27. The molecule has 0 spiro atoms. The van der Waals surface area contributed by atoms with E-state index >= 15 is 0 Å². The normalized spacial score (nSPS) is 13.3. The minimum absolute atomic E-state index is 0.235. The quantitative estimate of drug-likeness (QED) is 0.910.